The second kappa shape index (κ2) is 4.35. The topological polar surface area (TPSA) is 58.0 Å². The van der Waals surface area contributed by atoms with Crippen molar-refractivity contribution in [2.75, 3.05) is 5.32 Å². The monoisotopic (exact) mass is 283 g/mol. The van der Waals surface area contributed by atoms with E-state index < -0.39 is 0 Å². The first-order valence-corrected chi connectivity index (χ1v) is 7.30. The van der Waals surface area contributed by atoms with Crippen LogP contribution in [0.4, 0.5) is 5.82 Å². The Hall–Kier alpha value is -2.34. The summed E-state index contributed by atoms with van der Waals surface area (Å²) < 4.78 is 2.04. The van der Waals surface area contributed by atoms with Gasteiger partial charge in [0.15, 0.2) is 4.96 Å². The highest BCUT2D eigenvalue weighted by molar-refractivity contribution is 7.15. The predicted octanol–water partition coefficient (Wildman–Crippen LogP) is 3.45. The van der Waals surface area contributed by atoms with Gasteiger partial charge < -0.3 is 10.3 Å². The smallest absolute Gasteiger partial charge is 0.193 e. The Morgan fingerprint density at radius 3 is 3.15 bits per heavy atom. The third-order valence-corrected chi connectivity index (χ3v) is 4.10. The molecule has 6 heteroatoms. The van der Waals surface area contributed by atoms with Crippen molar-refractivity contribution in [3.05, 3.63) is 47.9 Å². The molecular formula is C14H13N5S. The van der Waals surface area contributed by atoms with Crippen molar-refractivity contribution in [3.63, 3.8) is 0 Å². The Balaban J connectivity index is 1.62. The number of hydrogen-bond donors (Lipinski definition) is 2. The predicted molar refractivity (Wildman–Crippen MR) is 81.2 cm³/mol. The number of H-pyrrole nitrogens is 1. The Kier molecular flexibility index (Phi) is 2.50. The fraction of sp³-hybridized carbons (Fsp3) is 0.143. The van der Waals surface area contributed by atoms with Crippen LogP contribution in [0.15, 0.2) is 42.2 Å². The molecule has 2 N–H and O–H groups in total. The molecular weight excluding hydrogens is 270 g/mol. The van der Waals surface area contributed by atoms with Gasteiger partial charge in [-0.1, -0.05) is 0 Å². The van der Waals surface area contributed by atoms with Crippen LogP contribution in [0.1, 0.15) is 18.7 Å². The molecule has 0 aliphatic carbocycles. The number of thiazole rings is 1. The summed E-state index contributed by atoms with van der Waals surface area (Å²) in [5, 5.41) is 6.54. The van der Waals surface area contributed by atoms with Crippen molar-refractivity contribution in [1.82, 2.24) is 19.4 Å². The Morgan fingerprint density at radius 2 is 2.25 bits per heavy atom. The molecule has 4 aromatic rings. The first-order chi connectivity index (χ1) is 9.79. The van der Waals surface area contributed by atoms with Gasteiger partial charge in [-0.3, -0.25) is 4.40 Å². The summed E-state index contributed by atoms with van der Waals surface area (Å²) in [4.78, 5) is 13.3. The first-order valence-electron chi connectivity index (χ1n) is 6.42. The summed E-state index contributed by atoms with van der Waals surface area (Å²) in [7, 11) is 0. The Bertz CT molecular complexity index is 843. The van der Waals surface area contributed by atoms with E-state index in [9.17, 15) is 0 Å². The third kappa shape index (κ3) is 1.85. The standard InChI is InChI=1S/C14H13N5S/c1-9(11-8-19-6-7-20-14(19)17-11)16-12-3-2-10-4-5-15-13(10)18-12/h2-9H,1H3,(H2,15,16,18). The zero-order valence-corrected chi connectivity index (χ0v) is 11.7. The number of fused-ring (bicyclic) bond motifs is 2. The Labute approximate surface area is 119 Å². The summed E-state index contributed by atoms with van der Waals surface area (Å²) in [6.07, 6.45) is 5.97. The van der Waals surface area contributed by atoms with Gasteiger partial charge in [-0.05, 0) is 25.1 Å². The molecule has 1 unspecified atom stereocenters. The maximum absolute atomic E-state index is 4.60. The van der Waals surface area contributed by atoms with Crippen molar-refractivity contribution >= 4 is 33.1 Å². The Morgan fingerprint density at radius 1 is 1.30 bits per heavy atom. The highest BCUT2D eigenvalue weighted by Gasteiger charge is 2.11. The van der Waals surface area contributed by atoms with Gasteiger partial charge in [0.25, 0.3) is 0 Å². The lowest BCUT2D eigenvalue weighted by atomic mass is 10.2. The molecule has 4 heterocycles. The summed E-state index contributed by atoms with van der Waals surface area (Å²) in [5.41, 5.74) is 1.92. The van der Waals surface area contributed by atoms with Crippen molar-refractivity contribution in [2.45, 2.75) is 13.0 Å². The van der Waals surface area contributed by atoms with Crippen LogP contribution in [0.3, 0.4) is 0 Å². The maximum atomic E-state index is 4.60. The minimum absolute atomic E-state index is 0.113. The van der Waals surface area contributed by atoms with Crippen molar-refractivity contribution in [3.8, 4) is 0 Å². The van der Waals surface area contributed by atoms with E-state index in [0.717, 1.165) is 27.5 Å². The molecule has 0 fully saturated rings. The molecule has 0 bridgehead atoms. The van der Waals surface area contributed by atoms with Crippen LogP contribution in [0, 0.1) is 0 Å². The van der Waals surface area contributed by atoms with Crippen molar-refractivity contribution in [1.29, 1.82) is 0 Å². The van der Waals surface area contributed by atoms with E-state index in [1.54, 1.807) is 11.3 Å². The van der Waals surface area contributed by atoms with Gasteiger partial charge in [0.2, 0.25) is 0 Å². The largest absolute Gasteiger partial charge is 0.362 e. The van der Waals surface area contributed by atoms with Gasteiger partial charge in [0.1, 0.15) is 11.5 Å². The molecule has 4 aromatic heterocycles. The second-order valence-electron chi connectivity index (χ2n) is 4.74. The number of anilines is 1. The lowest BCUT2D eigenvalue weighted by Gasteiger charge is -2.11. The number of aromatic nitrogens is 4. The normalized spacial score (nSPS) is 13.1. The van der Waals surface area contributed by atoms with Crippen LogP contribution in [-0.2, 0) is 0 Å². The van der Waals surface area contributed by atoms with Crippen LogP contribution in [-0.4, -0.2) is 19.4 Å². The van der Waals surface area contributed by atoms with E-state index in [4.69, 9.17) is 0 Å². The third-order valence-electron chi connectivity index (χ3n) is 3.33. The van der Waals surface area contributed by atoms with Crippen molar-refractivity contribution in [2.24, 2.45) is 0 Å². The summed E-state index contributed by atoms with van der Waals surface area (Å²) >= 11 is 1.64. The van der Waals surface area contributed by atoms with E-state index in [-0.39, 0.29) is 6.04 Å². The number of rotatable bonds is 3. The number of hydrogen-bond acceptors (Lipinski definition) is 4. The average molecular weight is 283 g/mol. The molecule has 0 aliphatic rings. The minimum atomic E-state index is 0.113. The molecule has 0 aromatic carbocycles. The number of nitrogens with one attached hydrogen (secondary N) is 2. The lowest BCUT2D eigenvalue weighted by Crippen LogP contribution is -2.08. The van der Waals surface area contributed by atoms with Gasteiger partial charge in [-0.2, -0.15) is 0 Å². The van der Waals surface area contributed by atoms with Gasteiger partial charge in [0.05, 0.1) is 11.7 Å². The molecule has 0 amide bonds. The van der Waals surface area contributed by atoms with E-state index in [2.05, 4.69) is 39.5 Å². The molecule has 1 atom stereocenters. The van der Waals surface area contributed by atoms with E-state index in [0.29, 0.717) is 0 Å². The molecule has 20 heavy (non-hydrogen) atoms. The number of imidazole rings is 1. The number of aromatic amines is 1. The fourth-order valence-electron chi connectivity index (χ4n) is 2.26. The summed E-state index contributed by atoms with van der Waals surface area (Å²) in [6, 6.07) is 6.17. The van der Waals surface area contributed by atoms with Gasteiger partial charge >= 0.3 is 0 Å². The minimum Gasteiger partial charge on any atom is -0.362 e. The van der Waals surface area contributed by atoms with Gasteiger partial charge in [-0.25, -0.2) is 9.97 Å². The highest BCUT2D eigenvalue weighted by atomic mass is 32.1. The summed E-state index contributed by atoms with van der Waals surface area (Å²) in [6.45, 7) is 2.09. The molecule has 4 rings (SSSR count). The van der Waals surface area contributed by atoms with Gasteiger partial charge in [-0.15, -0.1) is 11.3 Å². The fourth-order valence-corrected chi connectivity index (χ4v) is 2.97. The average Bonchev–Trinajstić information content (AvgIpc) is 3.12. The van der Waals surface area contributed by atoms with Crippen LogP contribution >= 0.6 is 11.3 Å². The molecule has 0 spiro atoms. The number of nitrogens with zero attached hydrogens (tertiary/aromatic N) is 3. The molecule has 100 valence electrons. The maximum Gasteiger partial charge on any atom is 0.193 e. The zero-order valence-electron chi connectivity index (χ0n) is 10.9. The van der Waals surface area contributed by atoms with Crippen LogP contribution in [0.2, 0.25) is 0 Å². The second-order valence-corrected chi connectivity index (χ2v) is 5.61. The SMILES string of the molecule is CC(Nc1ccc2cc[nH]c2n1)c1cn2ccsc2n1. The highest BCUT2D eigenvalue weighted by Crippen LogP contribution is 2.21. The van der Waals surface area contributed by atoms with Crippen molar-refractivity contribution < 1.29 is 0 Å². The first kappa shape index (κ1) is 11.5. The molecule has 5 nitrogen and oxygen atoms in total. The molecule has 0 radical (unpaired) electrons. The molecule has 0 saturated carbocycles. The quantitative estimate of drug-likeness (QED) is 0.605. The van der Waals surface area contributed by atoms with Crippen LogP contribution in [0.25, 0.3) is 16.0 Å². The van der Waals surface area contributed by atoms with Gasteiger partial charge in [0, 0.05) is 29.4 Å². The lowest BCUT2D eigenvalue weighted by molar-refractivity contribution is 0.844. The molecule has 0 aliphatic heterocycles. The zero-order chi connectivity index (χ0) is 13.5. The molecule has 0 saturated heterocycles. The van der Waals surface area contributed by atoms with E-state index in [1.165, 1.54) is 0 Å². The van der Waals surface area contributed by atoms with Crippen LogP contribution in [0.5, 0.6) is 0 Å². The summed E-state index contributed by atoms with van der Waals surface area (Å²) in [5.74, 6) is 0.851. The van der Waals surface area contributed by atoms with E-state index in [1.807, 2.05) is 34.3 Å². The van der Waals surface area contributed by atoms with Crippen LogP contribution < -0.4 is 5.32 Å². The van der Waals surface area contributed by atoms with E-state index >= 15 is 0 Å². The number of pyridine rings is 1.